The van der Waals surface area contributed by atoms with E-state index >= 15 is 0 Å². The predicted molar refractivity (Wildman–Crippen MR) is 61.6 cm³/mol. The van der Waals surface area contributed by atoms with Crippen LogP contribution in [0.25, 0.3) is 0 Å². The molecule has 2 bridgehead atoms. The molecule has 3 heterocycles. The van der Waals surface area contributed by atoms with Crippen molar-refractivity contribution >= 4 is 0 Å². The summed E-state index contributed by atoms with van der Waals surface area (Å²) in [6.07, 6.45) is -3.58. The Bertz CT molecular complexity index is 394. The molecular formula is C13H16O5. The molecule has 3 saturated heterocycles. The molecule has 98 valence electrons. The van der Waals surface area contributed by atoms with Gasteiger partial charge in [-0.25, -0.2) is 0 Å². The zero-order chi connectivity index (χ0) is 12.5. The quantitative estimate of drug-likeness (QED) is 0.795. The standard InChI is InChI=1S/C13H16O5/c14-10-9-7-16-12(11(10)15)13(18-9)17-6-8-4-2-1-3-5-8/h1-5,9-15H,6-7H2. The van der Waals surface area contributed by atoms with Crippen LogP contribution < -0.4 is 0 Å². The molecule has 5 nitrogen and oxygen atoms in total. The van der Waals surface area contributed by atoms with E-state index < -0.39 is 30.7 Å². The first-order valence-corrected chi connectivity index (χ1v) is 6.04. The van der Waals surface area contributed by atoms with Gasteiger partial charge in [-0.15, -0.1) is 0 Å². The molecule has 3 fully saturated rings. The number of hydrogen-bond acceptors (Lipinski definition) is 5. The average Bonchev–Trinajstić information content (AvgIpc) is 2.43. The molecule has 0 saturated carbocycles. The molecule has 0 aliphatic carbocycles. The summed E-state index contributed by atoms with van der Waals surface area (Å²) in [5.74, 6) is 0. The molecule has 1 aromatic carbocycles. The minimum absolute atomic E-state index is 0.300. The van der Waals surface area contributed by atoms with Crippen molar-refractivity contribution in [1.29, 1.82) is 0 Å². The van der Waals surface area contributed by atoms with Gasteiger partial charge in [-0.3, -0.25) is 0 Å². The van der Waals surface area contributed by atoms with Gasteiger partial charge in [0.2, 0.25) is 0 Å². The Morgan fingerprint density at radius 3 is 2.67 bits per heavy atom. The summed E-state index contributed by atoms with van der Waals surface area (Å²) in [6.45, 7) is 0.689. The largest absolute Gasteiger partial charge is 0.387 e. The summed E-state index contributed by atoms with van der Waals surface area (Å²) in [6, 6.07) is 9.70. The van der Waals surface area contributed by atoms with Crippen molar-refractivity contribution in [1.82, 2.24) is 0 Å². The number of benzene rings is 1. The number of aliphatic hydroxyl groups excluding tert-OH is 2. The van der Waals surface area contributed by atoms with Crippen molar-refractivity contribution in [2.75, 3.05) is 6.61 Å². The summed E-state index contributed by atoms with van der Waals surface area (Å²) in [5.41, 5.74) is 1.03. The number of fused-ring (bicyclic) bond motifs is 3. The van der Waals surface area contributed by atoms with E-state index in [1.54, 1.807) is 0 Å². The van der Waals surface area contributed by atoms with Gasteiger partial charge >= 0.3 is 0 Å². The third-order valence-corrected chi connectivity index (χ3v) is 3.35. The maximum Gasteiger partial charge on any atom is 0.187 e. The Hall–Kier alpha value is -0.980. The number of aliphatic hydroxyl groups is 2. The van der Waals surface area contributed by atoms with Crippen LogP contribution in [-0.2, 0) is 20.8 Å². The number of rotatable bonds is 3. The van der Waals surface area contributed by atoms with Crippen LogP contribution >= 0.6 is 0 Å². The van der Waals surface area contributed by atoms with Gasteiger partial charge in [-0.1, -0.05) is 30.3 Å². The van der Waals surface area contributed by atoms with E-state index in [0.29, 0.717) is 13.2 Å². The molecule has 3 aliphatic heterocycles. The fourth-order valence-electron chi connectivity index (χ4n) is 2.31. The van der Waals surface area contributed by atoms with Crippen LogP contribution in [0.1, 0.15) is 5.56 Å². The minimum atomic E-state index is -0.946. The van der Waals surface area contributed by atoms with Gasteiger partial charge in [-0.2, -0.15) is 0 Å². The zero-order valence-corrected chi connectivity index (χ0v) is 9.81. The Balaban J connectivity index is 1.61. The summed E-state index contributed by atoms with van der Waals surface area (Å²) in [7, 11) is 0. The molecule has 0 radical (unpaired) electrons. The van der Waals surface area contributed by atoms with Crippen LogP contribution in [0.15, 0.2) is 30.3 Å². The molecule has 0 amide bonds. The molecule has 3 aliphatic rings. The fourth-order valence-corrected chi connectivity index (χ4v) is 2.31. The van der Waals surface area contributed by atoms with Gasteiger partial charge in [0.15, 0.2) is 6.29 Å². The minimum Gasteiger partial charge on any atom is -0.387 e. The van der Waals surface area contributed by atoms with Crippen LogP contribution in [0.4, 0.5) is 0 Å². The lowest BCUT2D eigenvalue weighted by Gasteiger charge is -2.47. The van der Waals surface area contributed by atoms with E-state index in [-0.39, 0.29) is 0 Å². The summed E-state index contributed by atoms with van der Waals surface area (Å²) in [5, 5.41) is 19.5. The maximum absolute atomic E-state index is 9.80. The first-order chi connectivity index (χ1) is 8.75. The van der Waals surface area contributed by atoms with Crippen molar-refractivity contribution in [2.45, 2.75) is 37.3 Å². The van der Waals surface area contributed by atoms with Gasteiger partial charge in [0.25, 0.3) is 0 Å². The van der Waals surface area contributed by atoms with Crippen molar-refractivity contribution in [3.8, 4) is 0 Å². The lowest BCUT2D eigenvalue weighted by atomic mass is 9.96. The maximum atomic E-state index is 9.80. The van der Waals surface area contributed by atoms with Crippen molar-refractivity contribution in [2.24, 2.45) is 0 Å². The van der Waals surface area contributed by atoms with Gasteiger partial charge < -0.3 is 24.4 Å². The van der Waals surface area contributed by atoms with Crippen molar-refractivity contribution < 1.29 is 24.4 Å². The monoisotopic (exact) mass is 252 g/mol. The average molecular weight is 252 g/mol. The van der Waals surface area contributed by atoms with Gasteiger partial charge in [0.05, 0.1) is 13.2 Å². The second-order valence-corrected chi connectivity index (χ2v) is 4.62. The van der Waals surface area contributed by atoms with E-state index in [9.17, 15) is 10.2 Å². The predicted octanol–water partition coefficient (Wildman–Crippen LogP) is 0.0487. The third-order valence-electron chi connectivity index (χ3n) is 3.35. The Morgan fingerprint density at radius 2 is 1.94 bits per heavy atom. The second-order valence-electron chi connectivity index (χ2n) is 4.62. The van der Waals surface area contributed by atoms with Crippen LogP contribution in [0, 0.1) is 0 Å². The number of hydrogen-bond donors (Lipinski definition) is 2. The topological polar surface area (TPSA) is 68.2 Å². The normalized spacial score (nSPS) is 38.9. The van der Waals surface area contributed by atoms with E-state index in [1.807, 2.05) is 30.3 Å². The van der Waals surface area contributed by atoms with E-state index in [4.69, 9.17) is 14.2 Å². The lowest BCUT2D eigenvalue weighted by molar-refractivity contribution is -0.356. The van der Waals surface area contributed by atoms with Gasteiger partial charge in [0.1, 0.15) is 24.4 Å². The molecule has 1 aromatic rings. The van der Waals surface area contributed by atoms with E-state index in [2.05, 4.69) is 0 Å². The van der Waals surface area contributed by atoms with Crippen LogP contribution in [0.2, 0.25) is 0 Å². The Kier molecular flexibility index (Phi) is 3.32. The summed E-state index contributed by atoms with van der Waals surface area (Å²) in [4.78, 5) is 0. The first kappa shape index (κ1) is 12.1. The van der Waals surface area contributed by atoms with Crippen LogP contribution in [0.5, 0.6) is 0 Å². The zero-order valence-electron chi connectivity index (χ0n) is 9.81. The molecular weight excluding hydrogens is 236 g/mol. The third kappa shape index (κ3) is 2.15. The summed E-state index contributed by atoms with van der Waals surface area (Å²) >= 11 is 0. The number of ether oxygens (including phenoxy) is 3. The van der Waals surface area contributed by atoms with Gasteiger partial charge in [-0.05, 0) is 5.56 Å². The highest BCUT2D eigenvalue weighted by atomic mass is 16.7. The molecule has 5 heteroatoms. The molecule has 4 rings (SSSR count). The highest BCUT2D eigenvalue weighted by Crippen LogP contribution is 2.30. The van der Waals surface area contributed by atoms with E-state index in [1.165, 1.54) is 0 Å². The van der Waals surface area contributed by atoms with Crippen molar-refractivity contribution in [3.05, 3.63) is 35.9 Å². The Morgan fingerprint density at radius 1 is 1.17 bits per heavy atom. The molecule has 5 unspecified atom stereocenters. The van der Waals surface area contributed by atoms with Crippen molar-refractivity contribution in [3.63, 3.8) is 0 Å². The summed E-state index contributed by atoms with van der Waals surface area (Å²) < 4.78 is 16.5. The first-order valence-electron chi connectivity index (χ1n) is 6.04. The highest BCUT2D eigenvalue weighted by Gasteiger charge is 2.50. The SMILES string of the molecule is OC1C2COC(C(OCc3ccccc3)O2)C1O. The molecule has 18 heavy (non-hydrogen) atoms. The van der Waals surface area contributed by atoms with Crippen LogP contribution in [0.3, 0.4) is 0 Å². The lowest BCUT2D eigenvalue weighted by Crippen LogP contribution is -2.65. The molecule has 0 spiro atoms. The van der Waals surface area contributed by atoms with Gasteiger partial charge in [0, 0.05) is 0 Å². The fraction of sp³-hybridized carbons (Fsp3) is 0.538. The van der Waals surface area contributed by atoms with E-state index in [0.717, 1.165) is 5.56 Å². The Labute approximate surface area is 105 Å². The second kappa shape index (κ2) is 4.95. The molecule has 5 atom stereocenters. The smallest absolute Gasteiger partial charge is 0.187 e. The molecule has 2 N–H and O–H groups in total. The molecule has 0 aromatic heterocycles. The highest BCUT2D eigenvalue weighted by molar-refractivity contribution is 5.13. The van der Waals surface area contributed by atoms with Crippen LogP contribution in [-0.4, -0.2) is 47.5 Å².